The monoisotopic (exact) mass is 505 g/mol. The molecule has 0 saturated carbocycles. The van der Waals surface area contributed by atoms with Crippen molar-refractivity contribution in [3.8, 4) is 11.4 Å². The number of oxime groups is 1. The molecule has 0 bridgehead atoms. The number of nitrogens with one attached hydrogen (secondary N) is 1. The summed E-state index contributed by atoms with van der Waals surface area (Å²) in [6.07, 6.45) is 3.97. The maximum absolute atomic E-state index is 13.2. The van der Waals surface area contributed by atoms with E-state index in [0.717, 1.165) is 11.1 Å². The normalized spacial score (nSPS) is 14.8. The summed E-state index contributed by atoms with van der Waals surface area (Å²) in [5, 5.41) is 9.08. The van der Waals surface area contributed by atoms with Crippen LogP contribution in [0.15, 0.2) is 77.0 Å². The molecular weight excluding hydrogens is 482 g/mol. The quantitative estimate of drug-likeness (QED) is 0.425. The lowest BCUT2D eigenvalue weighted by Gasteiger charge is -2.14. The molecular formula is C25H23N5O5S. The van der Waals surface area contributed by atoms with Gasteiger partial charge in [0.1, 0.15) is 21.9 Å². The number of benzene rings is 2. The lowest BCUT2D eigenvalue weighted by atomic mass is 9.98. The average Bonchev–Trinajstić information content (AvgIpc) is 3.52. The molecule has 10 nitrogen and oxygen atoms in total. The van der Waals surface area contributed by atoms with E-state index in [1.54, 1.807) is 47.4 Å². The number of carbonyl (C=O) groups is 1. The minimum atomic E-state index is -4.30. The van der Waals surface area contributed by atoms with Gasteiger partial charge in [-0.25, -0.2) is 22.8 Å². The van der Waals surface area contributed by atoms with Gasteiger partial charge in [-0.15, -0.1) is 0 Å². The third kappa shape index (κ3) is 4.40. The number of nitrogens with zero attached hydrogens (tertiary/aromatic N) is 4. The van der Waals surface area contributed by atoms with E-state index in [9.17, 15) is 13.2 Å². The first-order chi connectivity index (χ1) is 17.2. The Hall–Kier alpha value is -4.25. The van der Waals surface area contributed by atoms with Crippen molar-refractivity contribution in [3.05, 3.63) is 78.2 Å². The number of aromatic nitrogens is 3. The van der Waals surface area contributed by atoms with Crippen LogP contribution in [-0.4, -0.2) is 47.5 Å². The molecule has 0 atom stereocenters. The number of pyridine rings is 1. The molecule has 1 N–H and O–H groups in total. The Morgan fingerprint density at radius 1 is 1.14 bits per heavy atom. The Balaban J connectivity index is 1.45. The fourth-order valence-corrected chi connectivity index (χ4v) is 5.13. The number of fused-ring (bicyclic) bond motifs is 1. The van der Waals surface area contributed by atoms with Gasteiger partial charge in [-0.05, 0) is 62.4 Å². The number of hydrogen-bond acceptors (Lipinski definition) is 8. The maximum atomic E-state index is 13.2. The number of sulfonamides is 1. The molecule has 1 amide bonds. The second kappa shape index (κ2) is 8.76. The van der Waals surface area contributed by atoms with Crippen LogP contribution in [0.3, 0.4) is 0 Å². The Morgan fingerprint density at radius 2 is 1.97 bits per heavy atom. The highest BCUT2D eigenvalue weighted by Gasteiger charge is 2.31. The molecule has 11 heteroatoms. The molecule has 5 rings (SSSR count). The van der Waals surface area contributed by atoms with E-state index < -0.39 is 21.5 Å². The zero-order valence-electron chi connectivity index (χ0n) is 19.8. The van der Waals surface area contributed by atoms with Gasteiger partial charge < -0.3 is 9.57 Å². The van der Waals surface area contributed by atoms with Crippen LogP contribution in [0.1, 0.15) is 36.3 Å². The lowest BCUT2D eigenvalue weighted by molar-refractivity contribution is 0.0123. The van der Waals surface area contributed by atoms with Gasteiger partial charge in [0.25, 0.3) is 15.9 Å². The van der Waals surface area contributed by atoms with E-state index in [1.165, 1.54) is 25.3 Å². The molecule has 4 aromatic rings. The van der Waals surface area contributed by atoms with E-state index in [-0.39, 0.29) is 16.3 Å². The molecule has 1 aliphatic rings. The maximum Gasteiger partial charge on any atom is 0.283 e. The summed E-state index contributed by atoms with van der Waals surface area (Å²) in [5.41, 5.74) is 1.94. The molecule has 2 aromatic heterocycles. The molecule has 184 valence electrons. The van der Waals surface area contributed by atoms with Crippen LogP contribution in [0.5, 0.6) is 5.75 Å². The Bertz CT molecular complexity index is 1610. The third-order valence-electron chi connectivity index (χ3n) is 5.70. The van der Waals surface area contributed by atoms with Crippen molar-refractivity contribution >= 4 is 32.5 Å². The number of rotatable bonds is 6. The zero-order valence-corrected chi connectivity index (χ0v) is 20.6. The zero-order chi connectivity index (χ0) is 25.5. The second-order valence-corrected chi connectivity index (χ2v) is 10.5. The summed E-state index contributed by atoms with van der Waals surface area (Å²) in [6, 6.07) is 15.0. The summed E-state index contributed by atoms with van der Waals surface area (Å²) in [4.78, 5) is 22.6. The van der Waals surface area contributed by atoms with Crippen molar-refractivity contribution in [2.24, 2.45) is 5.16 Å². The first kappa shape index (κ1) is 23.5. The van der Waals surface area contributed by atoms with Gasteiger partial charge in [0.2, 0.25) is 0 Å². The average molecular weight is 506 g/mol. The molecule has 0 aliphatic carbocycles. The van der Waals surface area contributed by atoms with Gasteiger partial charge in [-0.3, -0.25) is 4.79 Å². The van der Waals surface area contributed by atoms with Crippen LogP contribution in [0.2, 0.25) is 0 Å². The molecule has 0 fully saturated rings. The Kier molecular flexibility index (Phi) is 5.71. The van der Waals surface area contributed by atoms with Gasteiger partial charge >= 0.3 is 0 Å². The molecule has 3 heterocycles. The van der Waals surface area contributed by atoms with E-state index in [0.29, 0.717) is 23.2 Å². The van der Waals surface area contributed by atoms with E-state index in [2.05, 4.69) is 20.0 Å². The van der Waals surface area contributed by atoms with Gasteiger partial charge in [0, 0.05) is 29.8 Å². The van der Waals surface area contributed by atoms with Crippen LogP contribution >= 0.6 is 0 Å². The van der Waals surface area contributed by atoms with Gasteiger partial charge in [-0.2, -0.15) is 5.10 Å². The fraction of sp³-hybridized carbons (Fsp3) is 0.200. The van der Waals surface area contributed by atoms with Crippen molar-refractivity contribution in [3.63, 3.8) is 0 Å². The van der Waals surface area contributed by atoms with Gasteiger partial charge in [0.15, 0.2) is 0 Å². The largest absolute Gasteiger partial charge is 0.495 e. The highest BCUT2D eigenvalue weighted by atomic mass is 32.2. The summed E-state index contributed by atoms with van der Waals surface area (Å²) < 4.78 is 35.5. The molecule has 2 aromatic carbocycles. The predicted octanol–water partition coefficient (Wildman–Crippen LogP) is 3.45. The highest BCUT2D eigenvalue weighted by molar-refractivity contribution is 7.90. The van der Waals surface area contributed by atoms with Crippen molar-refractivity contribution in [1.82, 2.24) is 19.5 Å². The highest BCUT2D eigenvalue weighted by Crippen LogP contribution is 2.30. The number of amides is 1. The Labute approximate surface area is 207 Å². The van der Waals surface area contributed by atoms with Crippen molar-refractivity contribution in [1.29, 1.82) is 0 Å². The van der Waals surface area contributed by atoms with Crippen LogP contribution in [0, 0.1) is 0 Å². The molecule has 1 aliphatic heterocycles. The molecule has 0 saturated heterocycles. The number of methoxy groups -OCH3 is 1. The SMILES string of the molecule is COc1ccc(C2=NOC(C)(C)C2)cc1S(=O)(=O)NC(=O)c1ccc2c(-n3cccn3)cccc2n1. The summed E-state index contributed by atoms with van der Waals surface area (Å²) in [7, 11) is -2.94. The third-order valence-corrected chi connectivity index (χ3v) is 7.05. The standard InChI is InChI=1S/C25H23N5O5S/c1-25(2)15-20(28-35-25)16-8-11-22(34-3)23(14-16)36(32,33)29-24(31)19-10-9-17-18(27-19)6-4-7-21(17)30-13-5-12-26-30/h4-14H,15H2,1-3H3,(H,29,31). The first-order valence-electron chi connectivity index (χ1n) is 11.1. The van der Waals surface area contributed by atoms with Crippen molar-refractivity contribution < 1.29 is 22.8 Å². The van der Waals surface area contributed by atoms with E-state index in [1.807, 2.05) is 19.9 Å². The molecule has 0 radical (unpaired) electrons. The van der Waals surface area contributed by atoms with Crippen LogP contribution in [0.25, 0.3) is 16.6 Å². The van der Waals surface area contributed by atoms with Crippen LogP contribution in [-0.2, 0) is 14.9 Å². The van der Waals surface area contributed by atoms with E-state index >= 15 is 0 Å². The molecule has 36 heavy (non-hydrogen) atoms. The molecule has 0 spiro atoms. The predicted molar refractivity (Wildman–Crippen MR) is 133 cm³/mol. The Morgan fingerprint density at radius 3 is 2.67 bits per heavy atom. The lowest BCUT2D eigenvalue weighted by Crippen LogP contribution is -2.31. The van der Waals surface area contributed by atoms with Crippen LogP contribution in [0.4, 0.5) is 0 Å². The van der Waals surface area contributed by atoms with Gasteiger partial charge in [0.05, 0.1) is 24.0 Å². The molecule has 0 unspecified atom stereocenters. The topological polar surface area (TPSA) is 125 Å². The van der Waals surface area contributed by atoms with Gasteiger partial charge in [-0.1, -0.05) is 11.2 Å². The van der Waals surface area contributed by atoms with Crippen molar-refractivity contribution in [2.45, 2.75) is 30.8 Å². The second-order valence-electron chi connectivity index (χ2n) is 8.86. The summed E-state index contributed by atoms with van der Waals surface area (Å²) >= 11 is 0. The van der Waals surface area contributed by atoms with Crippen LogP contribution < -0.4 is 9.46 Å². The first-order valence-corrected chi connectivity index (χ1v) is 12.6. The van der Waals surface area contributed by atoms with Crippen molar-refractivity contribution in [2.75, 3.05) is 7.11 Å². The number of carbonyl (C=O) groups excluding carboxylic acids is 1. The fourth-order valence-electron chi connectivity index (χ4n) is 3.97. The van der Waals surface area contributed by atoms with E-state index in [4.69, 9.17) is 9.57 Å². The number of hydrogen-bond donors (Lipinski definition) is 1. The minimum Gasteiger partial charge on any atom is -0.495 e. The summed E-state index contributed by atoms with van der Waals surface area (Å²) in [5.74, 6) is -0.773. The number of ether oxygens (including phenoxy) is 1. The minimum absolute atomic E-state index is 0.0471. The summed E-state index contributed by atoms with van der Waals surface area (Å²) in [6.45, 7) is 3.78. The smallest absolute Gasteiger partial charge is 0.283 e.